The van der Waals surface area contributed by atoms with Gasteiger partial charge in [-0.25, -0.2) is 4.79 Å². The molecule has 4 heteroatoms. The lowest BCUT2D eigenvalue weighted by molar-refractivity contribution is 0.507. The van der Waals surface area contributed by atoms with Crippen molar-refractivity contribution < 1.29 is 9.53 Å². The van der Waals surface area contributed by atoms with E-state index in [1.165, 1.54) is 17.2 Å². The van der Waals surface area contributed by atoms with Crippen LogP contribution in [-0.4, -0.2) is 6.08 Å². The number of nitriles is 1. The number of hydrogen-bond donors (Lipinski definition) is 0. The molecule has 0 atom stereocenters. The molecule has 0 saturated carbocycles. The van der Waals surface area contributed by atoms with Crippen LogP contribution in [0.15, 0.2) is 53.5 Å². The first kappa shape index (κ1) is 13.5. The second-order valence-electron chi connectivity index (χ2n) is 4.21. The summed E-state index contributed by atoms with van der Waals surface area (Å²) in [5.41, 5.74) is 2.96. The lowest BCUT2D eigenvalue weighted by Gasteiger charge is -2.03. The Labute approximate surface area is 117 Å². The number of isocyanates is 1. The summed E-state index contributed by atoms with van der Waals surface area (Å²) in [5, 5.41) is 8.40. The van der Waals surface area contributed by atoms with Crippen LogP contribution >= 0.6 is 0 Å². The lowest BCUT2D eigenvalue weighted by atomic mass is 10.0. The van der Waals surface area contributed by atoms with Crippen molar-refractivity contribution in [3.05, 3.63) is 59.7 Å². The summed E-state index contributed by atoms with van der Waals surface area (Å²) in [5.74, 6) is 0.548. The molecule has 0 unspecified atom stereocenters. The zero-order valence-corrected chi connectivity index (χ0v) is 10.7. The average Bonchev–Trinajstić information content (AvgIpc) is 2.49. The Morgan fingerprint density at radius 1 is 0.950 bits per heavy atom. The summed E-state index contributed by atoms with van der Waals surface area (Å²) in [4.78, 5) is 13.7. The number of carbonyl (C=O) groups excluding carboxylic acids is 1. The van der Waals surface area contributed by atoms with Gasteiger partial charge in [-0.05, 0) is 48.2 Å². The Kier molecular flexibility index (Phi) is 4.66. The molecule has 2 rings (SSSR count). The molecule has 0 saturated heterocycles. The number of rotatable bonds is 5. The number of nitrogens with zero attached hydrogens (tertiary/aromatic N) is 2. The van der Waals surface area contributed by atoms with Crippen LogP contribution in [0.5, 0.6) is 5.75 Å². The minimum Gasteiger partial charge on any atom is -0.388 e. The van der Waals surface area contributed by atoms with E-state index in [2.05, 4.69) is 4.99 Å². The van der Waals surface area contributed by atoms with Crippen molar-refractivity contribution in [2.75, 3.05) is 0 Å². The first-order chi connectivity index (χ1) is 9.81. The van der Waals surface area contributed by atoms with E-state index in [4.69, 9.17) is 10.00 Å². The fourth-order valence-corrected chi connectivity index (χ4v) is 1.86. The van der Waals surface area contributed by atoms with Gasteiger partial charge in [0.05, 0.1) is 5.69 Å². The molecule has 0 heterocycles. The van der Waals surface area contributed by atoms with Crippen molar-refractivity contribution in [3.8, 4) is 12.0 Å². The normalized spacial score (nSPS) is 9.35. The summed E-state index contributed by atoms with van der Waals surface area (Å²) < 4.78 is 4.72. The van der Waals surface area contributed by atoms with Crippen molar-refractivity contribution >= 4 is 11.8 Å². The smallest absolute Gasteiger partial charge is 0.292 e. The van der Waals surface area contributed by atoms with Crippen molar-refractivity contribution in [2.45, 2.75) is 12.8 Å². The molecule has 0 bridgehead atoms. The van der Waals surface area contributed by atoms with Gasteiger partial charge in [-0.1, -0.05) is 24.3 Å². The predicted molar refractivity (Wildman–Crippen MR) is 74.3 cm³/mol. The van der Waals surface area contributed by atoms with E-state index in [1.54, 1.807) is 30.5 Å². The molecule has 0 spiro atoms. The molecule has 0 aliphatic rings. The minimum absolute atomic E-state index is 0.548. The fourth-order valence-electron chi connectivity index (χ4n) is 1.86. The molecule has 0 radical (unpaired) electrons. The van der Waals surface area contributed by atoms with Gasteiger partial charge >= 0.3 is 0 Å². The lowest BCUT2D eigenvalue weighted by Crippen LogP contribution is -1.91. The van der Waals surface area contributed by atoms with Crippen molar-refractivity contribution in [1.82, 2.24) is 0 Å². The Hall–Kier alpha value is -2.89. The molecule has 0 N–H and O–H groups in total. The first-order valence-electron chi connectivity index (χ1n) is 6.13. The van der Waals surface area contributed by atoms with Gasteiger partial charge in [0, 0.05) is 0 Å². The third-order valence-corrected chi connectivity index (χ3v) is 2.90. The van der Waals surface area contributed by atoms with Crippen LogP contribution in [0.1, 0.15) is 11.1 Å². The Morgan fingerprint density at radius 2 is 1.50 bits per heavy atom. The standard InChI is InChI=1S/C16H12N2O2/c17-11-20-16-9-5-14(6-10-16)2-1-13-3-7-15(8-4-13)18-12-19/h3-10H,1-2H2. The van der Waals surface area contributed by atoms with Gasteiger partial charge in [-0.15, -0.1) is 5.26 Å². The Bertz CT molecular complexity index is 648. The average molecular weight is 264 g/mol. The van der Waals surface area contributed by atoms with Gasteiger partial charge in [-0.3, -0.25) is 0 Å². The highest BCUT2D eigenvalue weighted by Gasteiger charge is 1.98. The fraction of sp³-hybridized carbons (Fsp3) is 0.125. The van der Waals surface area contributed by atoms with Crippen molar-refractivity contribution in [1.29, 1.82) is 5.26 Å². The molecule has 0 aliphatic heterocycles. The summed E-state index contributed by atoms with van der Waals surface area (Å²) >= 11 is 0. The van der Waals surface area contributed by atoms with E-state index >= 15 is 0 Å². The summed E-state index contributed by atoms with van der Waals surface area (Å²) in [7, 11) is 0. The highest BCUT2D eigenvalue weighted by Crippen LogP contribution is 2.16. The molecule has 0 aliphatic carbocycles. The van der Waals surface area contributed by atoms with E-state index in [-0.39, 0.29) is 0 Å². The third-order valence-electron chi connectivity index (χ3n) is 2.90. The Morgan fingerprint density at radius 3 is 2.00 bits per heavy atom. The Balaban J connectivity index is 1.94. The van der Waals surface area contributed by atoms with Gasteiger partial charge in [-0.2, -0.15) is 4.99 Å². The molecule has 0 amide bonds. The number of hydrogen-bond acceptors (Lipinski definition) is 4. The first-order valence-corrected chi connectivity index (χ1v) is 6.13. The minimum atomic E-state index is 0.548. The number of aryl methyl sites for hydroxylation is 2. The third kappa shape index (κ3) is 3.81. The van der Waals surface area contributed by atoms with E-state index in [0.29, 0.717) is 11.4 Å². The predicted octanol–water partition coefficient (Wildman–Crippen LogP) is 3.30. The zero-order chi connectivity index (χ0) is 14.2. The summed E-state index contributed by atoms with van der Waals surface area (Å²) in [6.45, 7) is 0. The molecular formula is C16H12N2O2. The molecule has 0 aromatic heterocycles. The molecule has 98 valence electrons. The molecule has 4 nitrogen and oxygen atoms in total. The van der Waals surface area contributed by atoms with Crippen LogP contribution < -0.4 is 4.74 Å². The number of aliphatic imine (C=N–C) groups is 1. The van der Waals surface area contributed by atoms with Crippen LogP contribution in [0.4, 0.5) is 5.69 Å². The number of ether oxygens (including phenoxy) is 1. The molecule has 2 aromatic rings. The van der Waals surface area contributed by atoms with Gasteiger partial charge < -0.3 is 4.74 Å². The maximum absolute atomic E-state index is 10.1. The molecular weight excluding hydrogens is 252 g/mol. The number of benzene rings is 2. The molecule has 0 fully saturated rings. The van der Waals surface area contributed by atoms with E-state index in [1.807, 2.05) is 24.3 Å². The molecule has 2 aromatic carbocycles. The second-order valence-corrected chi connectivity index (χ2v) is 4.21. The van der Waals surface area contributed by atoms with Crippen molar-refractivity contribution in [3.63, 3.8) is 0 Å². The highest BCUT2D eigenvalue weighted by atomic mass is 16.5. The second kappa shape index (κ2) is 6.89. The van der Waals surface area contributed by atoms with Gasteiger partial charge in [0.25, 0.3) is 6.26 Å². The van der Waals surface area contributed by atoms with Crippen LogP contribution in [0.3, 0.4) is 0 Å². The van der Waals surface area contributed by atoms with Gasteiger partial charge in [0.2, 0.25) is 6.08 Å². The largest absolute Gasteiger partial charge is 0.388 e. The highest BCUT2D eigenvalue weighted by molar-refractivity contribution is 5.49. The van der Waals surface area contributed by atoms with Crippen LogP contribution in [0.2, 0.25) is 0 Å². The maximum Gasteiger partial charge on any atom is 0.292 e. The van der Waals surface area contributed by atoms with Gasteiger partial charge in [0.15, 0.2) is 0 Å². The van der Waals surface area contributed by atoms with E-state index in [9.17, 15) is 4.79 Å². The van der Waals surface area contributed by atoms with Gasteiger partial charge in [0.1, 0.15) is 5.75 Å². The summed E-state index contributed by atoms with van der Waals surface area (Å²) in [6, 6.07) is 14.9. The van der Waals surface area contributed by atoms with Crippen LogP contribution in [0.25, 0.3) is 0 Å². The maximum atomic E-state index is 10.1. The van der Waals surface area contributed by atoms with Crippen LogP contribution in [-0.2, 0) is 17.6 Å². The van der Waals surface area contributed by atoms with E-state index < -0.39 is 0 Å². The quantitative estimate of drug-likeness (QED) is 0.473. The SMILES string of the molecule is N#COc1ccc(CCc2ccc(N=C=O)cc2)cc1. The monoisotopic (exact) mass is 264 g/mol. The molecule has 20 heavy (non-hydrogen) atoms. The topological polar surface area (TPSA) is 62.4 Å². The van der Waals surface area contributed by atoms with Crippen molar-refractivity contribution in [2.24, 2.45) is 4.99 Å². The van der Waals surface area contributed by atoms with Crippen LogP contribution in [0, 0.1) is 11.5 Å². The zero-order valence-electron chi connectivity index (χ0n) is 10.7. The summed E-state index contributed by atoms with van der Waals surface area (Å²) in [6.07, 6.45) is 4.94. The van der Waals surface area contributed by atoms with E-state index in [0.717, 1.165) is 12.8 Å².